The molecule has 0 fully saturated rings. The highest BCUT2D eigenvalue weighted by atomic mass is 35.5. The first kappa shape index (κ1) is 14.4. The number of aryl methyl sites for hydroxylation is 1. The van der Waals surface area contributed by atoms with Crippen molar-refractivity contribution in [2.45, 2.75) is 6.92 Å². The maximum atomic E-state index is 6.06. The van der Waals surface area contributed by atoms with Gasteiger partial charge in [0.25, 0.3) is 0 Å². The molecule has 0 aliphatic rings. The first-order valence-corrected chi connectivity index (χ1v) is 7.88. The Morgan fingerprint density at radius 3 is 2.57 bits per heavy atom. The second-order valence-electron chi connectivity index (χ2n) is 5.40. The van der Waals surface area contributed by atoms with Crippen molar-refractivity contribution in [2.24, 2.45) is 0 Å². The minimum Gasteiger partial charge on any atom is -0.453 e. The van der Waals surface area contributed by atoms with Crippen molar-refractivity contribution in [3.05, 3.63) is 64.1 Å². The van der Waals surface area contributed by atoms with Crippen LogP contribution in [-0.2, 0) is 0 Å². The number of nitrogens with zero attached hydrogens (tertiary/aromatic N) is 1. The highest BCUT2D eigenvalue weighted by molar-refractivity contribution is 6.42. The summed E-state index contributed by atoms with van der Waals surface area (Å²) in [7, 11) is 0. The Balaban J connectivity index is 1.75. The van der Waals surface area contributed by atoms with Crippen LogP contribution in [0.25, 0.3) is 33.9 Å². The third kappa shape index (κ3) is 2.62. The lowest BCUT2D eigenvalue weighted by molar-refractivity contribution is 0.593. The van der Waals surface area contributed by atoms with Crippen molar-refractivity contribution in [3.63, 3.8) is 0 Å². The average Bonchev–Trinajstić information content (AvgIpc) is 3.15. The van der Waals surface area contributed by atoms with Crippen molar-refractivity contribution in [1.29, 1.82) is 0 Å². The van der Waals surface area contributed by atoms with E-state index in [1.165, 1.54) is 5.56 Å². The molecule has 4 aromatic rings. The lowest BCUT2D eigenvalue weighted by Gasteiger charge is -1.99. The van der Waals surface area contributed by atoms with Crippen molar-refractivity contribution in [2.75, 3.05) is 0 Å². The van der Waals surface area contributed by atoms with Gasteiger partial charge in [0, 0.05) is 5.56 Å². The molecule has 5 heteroatoms. The lowest BCUT2D eigenvalue weighted by atomic mass is 10.2. The molecule has 0 saturated heterocycles. The molecule has 1 N–H and O–H groups in total. The topological polar surface area (TPSA) is 41.8 Å². The summed E-state index contributed by atoms with van der Waals surface area (Å²) in [6.07, 6.45) is 0. The van der Waals surface area contributed by atoms with Crippen LogP contribution in [0.2, 0.25) is 10.0 Å². The van der Waals surface area contributed by atoms with Crippen LogP contribution in [0.3, 0.4) is 0 Å². The van der Waals surface area contributed by atoms with Gasteiger partial charge in [0.1, 0.15) is 5.76 Å². The molecule has 0 radical (unpaired) electrons. The quantitative estimate of drug-likeness (QED) is 0.477. The summed E-state index contributed by atoms with van der Waals surface area (Å²) in [4.78, 5) is 7.85. The fourth-order valence-corrected chi connectivity index (χ4v) is 2.81. The van der Waals surface area contributed by atoms with Crippen LogP contribution in [0.4, 0.5) is 0 Å². The van der Waals surface area contributed by atoms with Crippen LogP contribution in [0.5, 0.6) is 0 Å². The molecular weight excluding hydrogens is 331 g/mol. The van der Waals surface area contributed by atoms with Crippen LogP contribution in [-0.4, -0.2) is 9.97 Å². The number of fused-ring (bicyclic) bond motifs is 1. The molecule has 0 spiro atoms. The molecule has 2 heterocycles. The molecule has 0 atom stereocenters. The number of imidazole rings is 1. The van der Waals surface area contributed by atoms with Crippen LogP contribution in [0, 0.1) is 6.92 Å². The fraction of sp³-hybridized carbons (Fsp3) is 0.0556. The van der Waals surface area contributed by atoms with Gasteiger partial charge in [-0.05, 0) is 55.0 Å². The van der Waals surface area contributed by atoms with Gasteiger partial charge in [0.05, 0.1) is 21.1 Å². The Labute approximate surface area is 142 Å². The van der Waals surface area contributed by atoms with E-state index in [4.69, 9.17) is 27.6 Å². The zero-order valence-electron chi connectivity index (χ0n) is 12.2. The maximum Gasteiger partial charge on any atom is 0.174 e. The Kier molecular flexibility index (Phi) is 3.40. The number of halogens is 2. The van der Waals surface area contributed by atoms with Gasteiger partial charge in [-0.25, -0.2) is 4.98 Å². The lowest BCUT2D eigenvalue weighted by Crippen LogP contribution is -1.76. The normalized spacial score (nSPS) is 11.3. The second-order valence-corrected chi connectivity index (χ2v) is 6.21. The van der Waals surface area contributed by atoms with Crippen LogP contribution < -0.4 is 0 Å². The van der Waals surface area contributed by atoms with E-state index in [0.29, 0.717) is 21.6 Å². The molecule has 0 unspecified atom stereocenters. The number of benzene rings is 2. The number of aromatic nitrogens is 2. The van der Waals surface area contributed by atoms with Crippen molar-refractivity contribution < 1.29 is 4.42 Å². The number of rotatable bonds is 2. The van der Waals surface area contributed by atoms with E-state index in [1.54, 1.807) is 12.1 Å². The average molecular weight is 343 g/mol. The summed E-state index contributed by atoms with van der Waals surface area (Å²) in [5.74, 6) is 2.10. The van der Waals surface area contributed by atoms with Crippen LogP contribution >= 0.6 is 23.2 Å². The summed E-state index contributed by atoms with van der Waals surface area (Å²) in [5.41, 5.74) is 3.96. The predicted molar refractivity (Wildman–Crippen MR) is 94.0 cm³/mol. The highest BCUT2D eigenvalue weighted by Gasteiger charge is 2.12. The minimum absolute atomic E-state index is 0.501. The first-order valence-electron chi connectivity index (χ1n) is 7.12. The number of aromatic amines is 1. The second kappa shape index (κ2) is 5.44. The maximum absolute atomic E-state index is 6.06. The Hall–Kier alpha value is -2.23. The predicted octanol–water partition coefficient (Wildman–Crippen LogP) is 6.11. The van der Waals surface area contributed by atoms with Gasteiger partial charge >= 0.3 is 0 Å². The SMILES string of the molecule is Cc1ccc2nc(-c3ccc(-c4ccc(Cl)c(Cl)c4)o3)[nH]c2c1. The Morgan fingerprint density at radius 2 is 1.74 bits per heavy atom. The number of H-pyrrole nitrogens is 1. The molecule has 0 saturated carbocycles. The summed E-state index contributed by atoms with van der Waals surface area (Å²) in [5, 5.41) is 1.02. The van der Waals surface area contributed by atoms with E-state index in [9.17, 15) is 0 Å². The first-order chi connectivity index (χ1) is 11.1. The van der Waals surface area contributed by atoms with Gasteiger partial charge in [0.15, 0.2) is 11.6 Å². The number of hydrogen-bond acceptors (Lipinski definition) is 2. The largest absolute Gasteiger partial charge is 0.453 e. The van der Waals surface area contributed by atoms with E-state index in [2.05, 4.69) is 23.0 Å². The molecule has 4 rings (SSSR count). The van der Waals surface area contributed by atoms with E-state index < -0.39 is 0 Å². The molecular formula is C18H12Cl2N2O. The Morgan fingerprint density at radius 1 is 0.913 bits per heavy atom. The molecule has 3 nitrogen and oxygen atoms in total. The standard InChI is InChI=1S/C18H12Cl2N2O/c1-10-2-5-14-15(8-10)22-18(21-14)17-7-6-16(23-17)11-3-4-12(19)13(20)9-11/h2-9H,1H3,(H,21,22). The van der Waals surface area contributed by atoms with Crippen molar-refractivity contribution in [1.82, 2.24) is 9.97 Å². The van der Waals surface area contributed by atoms with Crippen molar-refractivity contribution in [3.8, 4) is 22.9 Å². The van der Waals surface area contributed by atoms with Gasteiger partial charge in [-0.15, -0.1) is 0 Å². The Bertz CT molecular complexity index is 1020. The van der Waals surface area contributed by atoms with Crippen LogP contribution in [0.1, 0.15) is 5.56 Å². The van der Waals surface area contributed by atoms with E-state index >= 15 is 0 Å². The third-order valence-corrected chi connectivity index (χ3v) is 4.42. The number of nitrogens with one attached hydrogen (secondary N) is 1. The zero-order chi connectivity index (χ0) is 16.0. The summed E-state index contributed by atoms with van der Waals surface area (Å²) < 4.78 is 5.91. The van der Waals surface area contributed by atoms with E-state index in [-0.39, 0.29) is 0 Å². The van der Waals surface area contributed by atoms with Crippen molar-refractivity contribution >= 4 is 34.2 Å². The molecule has 0 aliphatic carbocycles. The zero-order valence-corrected chi connectivity index (χ0v) is 13.7. The smallest absolute Gasteiger partial charge is 0.174 e. The van der Waals surface area contributed by atoms with E-state index in [0.717, 1.165) is 22.4 Å². The number of furan rings is 1. The summed E-state index contributed by atoms with van der Waals surface area (Å²) >= 11 is 12.0. The molecule has 0 aliphatic heterocycles. The molecule has 2 aromatic heterocycles. The van der Waals surface area contributed by atoms with Gasteiger partial charge in [-0.2, -0.15) is 0 Å². The molecule has 0 amide bonds. The fourth-order valence-electron chi connectivity index (χ4n) is 2.51. The number of hydrogen-bond donors (Lipinski definition) is 1. The monoisotopic (exact) mass is 342 g/mol. The molecule has 0 bridgehead atoms. The van der Waals surface area contributed by atoms with Gasteiger partial charge in [0.2, 0.25) is 0 Å². The molecule has 2 aromatic carbocycles. The molecule has 114 valence electrons. The van der Waals surface area contributed by atoms with Crippen LogP contribution in [0.15, 0.2) is 52.9 Å². The van der Waals surface area contributed by atoms with Gasteiger partial charge in [-0.1, -0.05) is 29.3 Å². The highest BCUT2D eigenvalue weighted by Crippen LogP contribution is 2.32. The summed E-state index contributed by atoms with van der Waals surface area (Å²) in [6.45, 7) is 2.05. The van der Waals surface area contributed by atoms with Gasteiger partial charge < -0.3 is 9.40 Å². The molecule has 23 heavy (non-hydrogen) atoms. The third-order valence-electron chi connectivity index (χ3n) is 3.68. The summed E-state index contributed by atoms with van der Waals surface area (Å²) in [6, 6.07) is 15.3. The van der Waals surface area contributed by atoms with E-state index in [1.807, 2.05) is 30.3 Å². The van der Waals surface area contributed by atoms with Gasteiger partial charge in [-0.3, -0.25) is 0 Å². The minimum atomic E-state index is 0.501.